The van der Waals surface area contributed by atoms with Gasteiger partial charge in [0.2, 0.25) is 0 Å². The molecule has 0 amide bonds. The quantitative estimate of drug-likeness (QED) is 0.769. The Hall–Kier alpha value is -0.0800. The first-order valence-corrected chi connectivity index (χ1v) is 6.35. The second-order valence-corrected chi connectivity index (χ2v) is 6.03. The third-order valence-electron chi connectivity index (χ3n) is 4.04. The van der Waals surface area contributed by atoms with E-state index in [1.807, 2.05) is 0 Å². The summed E-state index contributed by atoms with van der Waals surface area (Å²) in [5.74, 6) is 0.736. The molecule has 0 spiro atoms. The summed E-state index contributed by atoms with van der Waals surface area (Å²) >= 11 is 0. The standard InChI is InChI=1S/C13H28N2/c1-11(2)12(3)14-10-13(4)6-8-15(5)9-7-13/h11-12,14H,6-10H2,1-5H3. The zero-order chi connectivity index (χ0) is 11.5. The van der Waals surface area contributed by atoms with Gasteiger partial charge in [-0.1, -0.05) is 20.8 Å². The maximum atomic E-state index is 3.69. The van der Waals surface area contributed by atoms with Crippen LogP contribution in [0.4, 0.5) is 0 Å². The topological polar surface area (TPSA) is 15.3 Å². The Balaban J connectivity index is 2.31. The SMILES string of the molecule is CC(C)C(C)NCC1(C)CCN(C)CC1. The second kappa shape index (κ2) is 5.31. The molecule has 1 N–H and O–H groups in total. The molecule has 0 radical (unpaired) electrons. The van der Waals surface area contributed by atoms with Crippen molar-refractivity contribution in [2.45, 2.75) is 46.6 Å². The van der Waals surface area contributed by atoms with Gasteiger partial charge in [-0.2, -0.15) is 0 Å². The first kappa shape index (κ1) is 13.0. The zero-order valence-electron chi connectivity index (χ0n) is 11.1. The van der Waals surface area contributed by atoms with Gasteiger partial charge in [0.05, 0.1) is 0 Å². The van der Waals surface area contributed by atoms with E-state index >= 15 is 0 Å². The van der Waals surface area contributed by atoms with Gasteiger partial charge in [-0.05, 0) is 51.2 Å². The van der Waals surface area contributed by atoms with E-state index in [2.05, 4.69) is 45.0 Å². The minimum atomic E-state index is 0.523. The summed E-state index contributed by atoms with van der Waals surface area (Å²) in [6.07, 6.45) is 2.67. The molecule has 0 bridgehead atoms. The molecule has 1 heterocycles. The summed E-state index contributed by atoms with van der Waals surface area (Å²) in [6, 6.07) is 0.640. The Morgan fingerprint density at radius 3 is 2.20 bits per heavy atom. The molecule has 1 atom stereocenters. The summed E-state index contributed by atoms with van der Waals surface area (Å²) < 4.78 is 0. The van der Waals surface area contributed by atoms with Crippen LogP contribution in [-0.4, -0.2) is 37.6 Å². The highest BCUT2D eigenvalue weighted by Gasteiger charge is 2.28. The summed E-state index contributed by atoms with van der Waals surface area (Å²) in [5, 5.41) is 3.69. The van der Waals surface area contributed by atoms with Crippen LogP contribution >= 0.6 is 0 Å². The average molecular weight is 212 g/mol. The minimum absolute atomic E-state index is 0.523. The van der Waals surface area contributed by atoms with Crippen molar-refractivity contribution in [3.63, 3.8) is 0 Å². The number of nitrogens with one attached hydrogen (secondary N) is 1. The lowest BCUT2D eigenvalue weighted by molar-refractivity contribution is 0.131. The molecule has 1 fully saturated rings. The van der Waals surface area contributed by atoms with Gasteiger partial charge in [-0.15, -0.1) is 0 Å². The monoisotopic (exact) mass is 212 g/mol. The highest BCUT2D eigenvalue weighted by Crippen LogP contribution is 2.29. The fourth-order valence-electron chi connectivity index (χ4n) is 1.98. The fourth-order valence-corrected chi connectivity index (χ4v) is 1.98. The van der Waals surface area contributed by atoms with Gasteiger partial charge in [-0.3, -0.25) is 0 Å². The summed E-state index contributed by atoms with van der Waals surface area (Å²) in [5.41, 5.74) is 0.523. The highest BCUT2D eigenvalue weighted by molar-refractivity contribution is 4.84. The van der Waals surface area contributed by atoms with E-state index in [0.29, 0.717) is 11.5 Å². The van der Waals surface area contributed by atoms with Crippen molar-refractivity contribution < 1.29 is 0 Å². The molecule has 1 aliphatic rings. The van der Waals surface area contributed by atoms with Crippen molar-refractivity contribution in [3.05, 3.63) is 0 Å². The Labute approximate surface area is 95.4 Å². The maximum absolute atomic E-state index is 3.69. The maximum Gasteiger partial charge on any atom is 0.00619 e. The van der Waals surface area contributed by atoms with E-state index < -0.39 is 0 Å². The first-order chi connectivity index (χ1) is 6.93. The molecule has 1 saturated heterocycles. The van der Waals surface area contributed by atoms with E-state index in [-0.39, 0.29) is 0 Å². The largest absolute Gasteiger partial charge is 0.313 e. The lowest BCUT2D eigenvalue weighted by Gasteiger charge is -2.39. The number of hydrogen-bond donors (Lipinski definition) is 1. The average Bonchev–Trinajstić information content (AvgIpc) is 2.19. The molecule has 90 valence electrons. The number of hydrogen-bond acceptors (Lipinski definition) is 2. The van der Waals surface area contributed by atoms with Gasteiger partial charge in [0.1, 0.15) is 0 Å². The van der Waals surface area contributed by atoms with Crippen LogP contribution in [0.15, 0.2) is 0 Å². The molecule has 0 aromatic rings. The van der Waals surface area contributed by atoms with Crippen LogP contribution in [0.1, 0.15) is 40.5 Å². The molecule has 0 saturated carbocycles. The third-order valence-corrected chi connectivity index (χ3v) is 4.04. The Kier molecular flexibility index (Phi) is 4.60. The lowest BCUT2D eigenvalue weighted by atomic mass is 9.80. The van der Waals surface area contributed by atoms with E-state index in [9.17, 15) is 0 Å². The molecule has 15 heavy (non-hydrogen) atoms. The van der Waals surface area contributed by atoms with E-state index in [1.54, 1.807) is 0 Å². The van der Waals surface area contributed by atoms with Gasteiger partial charge in [0.15, 0.2) is 0 Å². The Morgan fingerprint density at radius 2 is 1.73 bits per heavy atom. The Morgan fingerprint density at radius 1 is 1.20 bits per heavy atom. The molecular formula is C13H28N2. The van der Waals surface area contributed by atoms with Crippen LogP contribution < -0.4 is 5.32 Å². The number of piperidine rings is 1. The van der Waals surface area contributed by atoms with Gasteiger partial charge in [0.25, 0.3) is 0 Å². The number of rotatable bonds is 4. The molecule has 2 nitrogen and oxygen atoms in total. The van der Waals surface area contributed by atoms with Gasteiger partial charge < -0.3 is 10.2 Å². The van der Waals surface area contributed by atoms with E-state index in [4.69, 9.17) is 0 Å². The molecule has 0 aromatic carbocycles. The molecular weight excluding hydrogens is 184 g/mol. The minimum Gasteiger partial charge on any atom is -0.313 e. The fraction of sp³-hybridized carbons (Fsp3) is 1.00. The van der Waals surface area contributed by atoms with Gasteiger partial charge in [0, 0.05) is 12.6 Å². The smallest absolute Gasteiger partial charge is 0.00619 e. The van der Waals surface area contributed by atoms with Crippen molar-refractivity contribution >= 4 is 0 Å². The molecule has 0 aromatic heterocycles. The Bertz CT molecular complexity index is 181. The molecule has 1 rings (SSSR count). The van der Waals surface area contributed by atoms with Gasteiger partial charge in [-0.25, -0.2) is 0 Å². The van der Waals surface area contributed by atoms with Crippen molar-refractivity contribution in [1.82, 2.24) is 10.2 Å². The molecule has 2 heteroatoms. The lowest BCUT2D eigenvalue weighted by Crippen LogP contribution is -2.45. The van der Waals surface area contributed by atoms with Crippen molar-refractivity contribution in [2.24, 2.45) is 11.3 Å². The first-order valence-electron chi connectivity index (χ1n) is 6.35. The predicted octanol–water partition coefficient (Wildman–Crippen LogP) is 2.35. The van der Waals surface area contributed by atoms with Crippen molar-refractivity contribution in [3.8, 4) is 0 Å². The van der Waals surface area contributed by atoms with E-state index in [0.717, 1.165) is 5.92 Å². The summed E-state index contributed by atoms with van der Waals surface area (Å²) in [6.45, 7) is 13.0. The third kappa shape index (κ3) is 4.12. The van der Waals surface area contributed by atoms with Crippen molar-refractivity contribution in [2.75, 3.05) is 26.7 Å². The number of nitrogens with zero attached hydrogens (tertiary/aromatic N) is 1. The van der Waals surface area contributed by atoms with Crippen LogP contribution in [-0.2, 0) is 0 Å². The zero-order valence-corrected chi connectivity index (χ0v) is 11.1. The van der Waals surface area contributed by atoms with Crippen LogP contribution in [0.25, 0.3) is 0 Å². The molecule has 1 aliphatic heterocycles. The summed E-state index contributed by atoms with van der Waals surface area (Å²) in [7, 11) is 2.23. The number of likely N-dealkylation sites (tertiary alicyclic amines) is 1. The normalized spacial score (nSPS) is 24.4. The van der Waals surface area contributed by atoms with Crippen LogP contribution in [0.3, 0.4) is 0 Å². The second-order valence-electron chi connectivity index (χ2n) is 6.03. The predicted molar refractivity (Wildman–Crippen MR) is 67.1 cm³/mol. The van der Waals surface area contributed by atoms with E-state index in [1.165, 1.54) is 32.5 Å². The van der Waals surface area contributed by atoms with Crippen LogP contribution in [0, 0.1) is 11.3 Å². The van der Waals surface area contributed by atoms with Crippen LogP contribution in [0.5, 0.6) is 0 Å². The molecule has 0 aliphatic carbocycles. The van der Waals surface area contributed by atoms with Crippen molar-refractivity contribution in [1.29, 1.82) is 0 Å². The van der Waals surface area contributed by atoms with Crippen LogP contribution in [0.2, 0.25) is 0 Å². The van der Waals surface area contributed by atoms with Gasteiger partial charge >= 0.3 is 0 Å². The summed E-state index contributed by atoms with van der Waals surface area (Å²) in [4.78, 5) is 2.44. The highest BCUT2D eigenvalue weighted by atomic mass is 15.1. The molecule has 1 unspecified atom stereocenters.